The van der Waals surface area contributed by atoms with Crippen LogP contribution < -0.4 is 10.5 Å². The van der Waals surface area contributed by atoms with Crippen LogP contribution in [0, 0.1) is 13.8 Å². The van der Waals surface area contributed by atoms with Gasteiger partial charge in [0.2, 0.25) is 11.6 Å². The first-order valence-corrected chi connectivity index (χ1v) is 14.5. The number of nitrogens with two attached hydrogens (primary N) is 1. The van der Waals surface area contributed by atoms with Crippen LogP contribution in [0.3, 0.4) is 0 Å². The van der Waals surface area contributed by atoms with Crippen LogP contribution in [0.1, 0.15) is 49.1 Å². The molecule has 0 amide bonds. The van der Waals surface area contributed by atoms with Crippen LogP contribution in [0.15, 0.2) is 84.9 Å². The number of carboxylic acids is 2. The third-order valence-electron chi connectivity index (χ3n) is 7.28. The Morgan fingerprint density at radius 2 is 1.17 bits per heavy atom. The average Bonchev–Trinajstić information content (AvgIpc) is 3.05. The first-order valence-electron chi connectivity index (χ1n) is 13.7. The SMILES string of the molecule is COc1cccc([C@@H](O)c2cc(Cl)ccc2N)c1Cl.Cc1ccc(C(=O)[C@@](O)(C(=O)O)[C@](O)(C(=O)O)C(=O)c2ccc(C)cc2)cc1. The van der Waals surface area contributed by atoms with Gasteiger partial charge in [0.1, 0.15) is 11.9 Å². The summed E-state index contributed by atoms with van der Waals surface area (Å²) in [6.45, 7) is 3.37. The Labute approximate surface area is 279 Å². The van der Waals surface area contributed by atoms with Gasteiger partial charge in [-0.15, -0.1) is 0 Å². The van der Waals surface area contributed by atoms with E-state index in [-0.39, 0.29) is 11.1 Å². The molecule has 47 heavy (non-hydrogen) atoms. The predicted octanol–water partition coefficient (Wildman–Crippen LogP) is 4.67. The highest BCUT2D eigenvalue weighted by molar-refractivity contribution is 6.33. The maximum Gasteiger partial charge on any atom is 0.348 e. The smallest absolute Gasteiger partial charge is 0.348 e. The summed E-state index contributed by atoms with van der Waals surface area (Å²) in [5, 5.41) is 51.6. The number of methoxy groups -OCH3 is 1. The number of carbonyl (C=O) groups excluding carboxylic acids is 2. The molecular formula is C34H31Cl2NO10. The van der Waals surface area contributed by atoms with Crippen molar-refractivity contribution in [2.75, 3.05) is 12.8 Å². The minimum atomic E-state index is -3.96. The van der Waals surface area contributed by atoms with Crippen molar-refractivity contribution in [3.8, 4) is 5.75 Å². The van der Waals surface area contributed by atoms with E-state index in [4.69, 9.17) is 33.7 Å². The fraction of sp³-hybridized carbons (Fsp3) is 0.176. The largest absolute Gasteiger partial charge is 0.495 e. The molecule has 0 fully saturated rings. The molecule has 7 N–H and O–H groups in total. The van der Waals surface area contributed by atoms with E-state index in [1.165, 1.54) is 31.4 Å². The number of nitrogen functional groups attached to an aromatic ring is 1. The van der Waals surface area contributed by atoms with Crippen LogP contribution in [0.25, 0.3) is 0 Å². The molecule has 4 rings (SSSR count). The van der Waals surface area contributed by atoms with Crippen molar-refractivity contribution in [2.24, 2.45) is 0 Å². The van der Waals surface area contributed by atoms with Crippen molar-refractivity contribution in [3.05, 3.63) is 128 Å². The van der Waals surface area contributed by atoms with Gasteiger partial charge in [0, 0.05) is 33.0 Å². The number of aliphatic carboxylic acids is 2. The zero-order valence-electron chi connectivity index (χ0n) is 25.3. The van der Waals surface area contributed by atoms with Crippen LogP contribution in [0.2, 0.25) is 10.0 Å². The number of hydrogen-bond donors (Lipinski definition) is 6. The van der Waals surface area contributed by atoms with E-state index in [9.17, 15) is 44.7 Å². The van der Waals surface area contributed by atoms with Crippen molar-refractivity contribution < 1.29 is 49.4 Å². The third-order valence-corrected chi connectivity index (χ3v) is 7.92. The highest BCUT2D eigenvalue weighted by Gasteiger charge is 2.69. The fourth-order valence-electron chi connectivity index (χ4n) is 4.51. The fourth-order valence-corrected chi connectivity index (χ4v) is 4.99. The average molecular weight is 685 g/mol. The summed E-state index contributed by atoms with van der Waals surface area (Å²) in [4.78, 5) is 49.1. The number of benzene rings is 4. The quantitative estimate of drug-likeness (QED) is 0.0770. The molecule has 0 aromatic heterocycles. The Morgan fingerprint density at radius 3 is 1.57 bits per heavy atom. The second kappa shape index (κ2) is 14.8. The van der Waals surface area contributed by atoms with Gasteiger partial charge in [0.25, 0.3) is 11.2 Å². The van der Waals surface area contributed by atoms with E-state index in [2.05, 4.69) is 0 Å². The monoisotopic (exact) mass is 683 g/mol. The number of carboxylic acid groups (broad SMARTS) is 2. The van der Waals surface area contributed by atoms with E-state index >= 15 is 0 Å². The van der Waals surface area contributed by atoms with Crippen LogP contribution in [0.4, 0.5) is 5.69 Å². The van der Waals surface area contributed by atoms with Gasteiger partial charge in [-0.25, -0.2) is 9.59 Å². The van der Waals surface area contributed by atoms with Crippen molar-refractivity contribution in [2.45, 2.75) is 31.2 Å². The number of halogens is 2. The molecular weight excluding hydrogens is 653 g/mol. The Hall–Kier alpha value is -4.78. The number of hydrogen-bond acceptors (Lipinski definition) is 9. The van der Waals surface area contributed by atoms with E-state index in [0.717, 1.165) is 24.3 Å². The van der Waals surface area contributed by atoms with Gasteiger partial charge in [-0.2, -0.15) is 0 Å². The van der Waals surface area contributed by atoms with Crippen molar-refractivity contribution in [3.63, 3.8) is 0 Å². The number of Topliss-reactive ketones (excluding diaryl/α,β-unsaturated/α-hetero) is 2. The Balaban J connectivity index is 0.000000274. The molecule has 0 heterocycles. The van der Waals surface area contributed by atoms with Crippen molar-refractivity contribution >= 4 is 52.4 Å². The second-order valence-electron chi connectivity index (χ2n) is 10.5. The number of ketones is 2. The summed E-state index contributed by atoms with van der Waals surface area (Å²) in [6.07, 6.45) is -0.957. The number of aliphatic hydroxyl groups excluding tert-OH is 1. The molecule has 0 bridgehead atoms. The molecule has 0 unspecified atom stereocenters. The van der Waals surface area contributed by atoms with Crippen LogP contribution in [-0.2, 0) is 9.59 Å². The topological polar surface area (TPSA) is 205 Å². The predicted molar refractivity (Wildman–Crippen MR) is 174 cm³/mol. The Morgan fingerprint density at radius 1 is 0.723 bits per heavy atom. The van der Waals surface area contributed by atoms with Gasteiger partial charge in [-0.3, -0.25) is 9.59 Å². The minimum Gasteiger partial charge on any atom is -0.495 e. The first-order chi connectivity index (χ1) is 22.0. The lowest BCUT2D eigenvalue weighted by atomic mass is 9.73. The summed E-state index contributed by atoms with van der Waals surface area (Å²) in [5.41, 5.74) is 0.0758. The summed E-state index contributed by atoms with van der Waals surface area (Å²) < 4.78 is 5.13. The molecule has 3 atom stereocenters. The van der Waals surface area contributed by atoms with E-state index in [1.54, 1.807) is 50.2 Å². The standard InChI is InChI=1S/C20H18O8.C14H13Cl2NO2/c1-11-3-7-13(8-4-11)15(21)19(27,17(23)24)20(28,18(25)26)16(22)14-9-5-12(2)6-10-14;1-19-12-4-2-3-9(13(12)16)14(18)10-7-8(15)5-6-11(10)17/h3-10,27-28H,1-2H3,(H,23,24)(H,25,26);2-7,14,18H,17H2,1H3/t19-,20-;14-/m11/s1. The summed E-state index contributed by atoms with van der Waals surface area (Å²) in [6, 6.07) is 20.5. The number of anilines is 1. The molecule has 0 saturated heterocycles. The number of ether oxygens (including phenoxy) is 1. The maximum atomic E-state index is 12.8. The molecule has 246 valence electrons. The highest BCUT2D eigenvalue weighted by Crippen LogP contribution is 2.37. The Kier molecular flexibility index (Phi) is 11.5. The number of aryl methyl sites for hydroxylation is 2. The van der Waals surface area contributed by atoms with Crippen molar-refractivity contribution in [1.29, 1.82) is 0 Å². The van der Waals surface area contributed by atoms with Crippen molar-refractivity contribution in [1.82, 2.24) is 0 Å². The molecule has 0 aliphatic rings. The van der Waals surface area contributed by atoms with Gasteiger partial charge >= 0.3 is 11.9 Å². The zero-order valence-corrected chi connectivity index (χ0v) is 26.8. The van der Waals surface area contributed by atoms with Gasteiger partial charge in [0.15, 0.2) is 0 Å². The summed E-state index contributed by atoms with van der Waals surface area (Å²) in [7, 11) is 1.52. The third kappa shape index (κ3) is 7.30. The van der Waals surface area contributed by atoms with E-state index in [0.29, 0.717) is 43.7 Å². The Bertz CT molecular complexity index is 1730. The molecule has 4 aromatic rings. The van der Waals surface area contributed by atoms with E-state index in [1.807, 2.05) is 0 Å². The molecule has 0 saturated carbocycles. The lowest BCUT2D eigenvalue weighted by molar-refractivity contribution is -0.187. The summed E-state index contributed by atoms with van der Waals surface area (Å²) in [5.74, 6) is -7.51. The molecule has 0 aliphatic heterocycles. The normalized spacial score (nSPS) is 14.0. The van der Waals surface area contributed by atoms with Gasteiger partial charge in [-0.05, 0) is 38.1 Å². The molecule has 0 spiro atoms. The van der Waals surface area contributed by atoms with Gasteiger partial charge in [-0.1, -0.05) is 95.0 Å². The van der Waals surface area contributed by atoms with Gasteiger partial charge in [0.05, 0.1) is 12.1 Å². The number of carbonyl (C=O) groups is 4. The minimum absolute atomic E-state index is 0.358. The maximum absolute atomic E-state index is 12.8. The molecule has 4 aromatic carbocycles. The van der Waals surface area contributed by atoms with Gasteiger partial charge < -0.3 is 36.0 Å². The van der Waals surface area contributed by atoms with Crippen LogP contribution in [-0.4, -0.2) is 67.3 Å². The molecule has 13 heteroatoms. The lowest BCUT2D eigenvalue weighted by Crippen LogP contribution is -2.71. The first kappa shape index (κ1) is 36.7. The molecule has 0 radical (unpaired) electrons. The number of rotatable bonds is 10. The lowest BCUT2D eigenvalue weighted by Gasteiger charge is -2.34. The second-order valence-corrected chi connectivity index (χ2v) is 11.3. The molecule has 0 aliphatic carbocycles. The van der Waals surface area contributed by atoms with E-state index < -0.39 is 40.8 Å². The molecule has 11 nitrogen and oxygen atoms in total. The highest BCUT2D eigenvalue weighted by atomic mass is 35.5. The summed E-state index contributed by atoms with van der Waals surface area (Å²) >= 11 is 12.1. The number of aliphatic hydroxyl groups is 3. The van der Waals surface area contributed by atoms with Crippen LogP contribution in [0.5, 0.6) is 5.75 Å². The van der Waals surface area contributed by atoms with Crippen LogP contribution >= 0.6 is 23.2 Å². The zero-order chi connectivity index (χ0) is 35.3.